The number of fused-ring (bicyclic) bond motifs is 1. The second-order valence-corrected chi connectivity index (χ2v) is 15.7. The average molecular weight is 645 g/mol. The molecule has 1 aromatic carbocycles. The molecule has 6 rings (SSSR count). The Hall–Kier alpha value is -1.98. The lowest BCUT2D eigenvalue weighted by Crippen LogP contribution is -2.45. The summed E-state index contributed by atoms with van der Waals surface area (Å²) in [4.78, 5) is 16.8. The zero-order valence-electron chi connectivity index (χ0n) is 26.3. The van der Waals surface area contributed by atoms with E-state index in [1.165, 1.54) is 31.9 Å². The first-order valence-corrected chi connectivity index (χ1v) is 19.1. The van der Waals surface area contributed by atoms with Crippen LogP contribution < -0.4 is 5.32 Å². The minimum Gasteiger partial charge on any atom is -0.340 e. The Morgan fingerprint density at radius 3 is 2.50 bits per heavy atom. The minimum absolute atomic E-state index is 0.335. The molecule has 2 saturated heterocycles. The van der Waals surface area contributed by atoms with Crippen LogP contribution in [0, 0.1) is 0 Å². The normalized spacial score (nSPS) is 21.0. The van der Waals surface area contributed by atoms with E-state index in [9.17, 15) is 13.2 Å². The van der Waals surface area contributed by atoms with E-state index in [0.29, 0.717) is 43.9 Å². The van der Waals surface area contributed by atoms with Crippen LogP contribution in [0.3, 0.4) is 0 Å². The lowest BCUT2D eigenvalue weighted by molar-refractivity contribution is -0.130. The van der Waals surface area contributed by atoms with Crippen LogP contribution in [0.2, 0.25) is 5.02 Å². The third kappa shape index (κ3) is 7.52. The largest absolute Gasteiger partial charge is 0.340 e. The van der Waals surface area contributed by atoms with Gasteiger partial charge in [-0.15, -0.1) is 0 Å². The van der Waals surface area contributed by atoms with Crippen molar-refractivity contribution in [2.45, 2.75) is 102 Å². The average Bonchev–Trinajstić information content (AvgIpc) is 3.77. The van der Waals surface area contributed by atoms with Crippen LogP contribution in [-0.4, -0.2) is 95.8 Å². The number of piperidine rings is 1. The highest BCUT2D eigenvalue weighted by Gasteiger charge is 2.32. The van der Waals surface area contributed by atoms with E-state index >= 15 is 0 Å². The molecular formula is C33H49ClN6O3S. The number of rotatable bonds is 12. The van der Waals surface area contributed by atoms with Gasteiger partial charge in [0.2, 0.25) is 15.9 Å². The third-order valence-corrected chi connectivity index (χ3v) is 11.9. The molecule has 4 heterocycles. The van der Waals surface area contributed by atoms with Crippen molar-refractivity contribution >= 4 is 27.5 Å². The van der Waals surface area contributed by atoms with Crippen LogP contribution >= 0.6 is 11.6 Å². The molecule has 1 saturated carbocycles. The summed E-state index contributed by atoms with van der Waals surface area (Å²) >= 11 is 6.66. The maximum absolute atomic E-state index is 12.5. The number of carbonyl (C=O) groups excluding carboxylic acids is 1. The molecule has 9 nitrogen and oxygen atoms in total. The predicted octanol–water partition coefficient (Wildman–Crippen LogP) is 4.46. The van der Waals surface area contributed by atoms with Gasteiger partial charge in [0.05, 0.1) is 11.9 Å². The van der Waals surface area contributed by atoms with Gasteiger partial charge < -0.3 is 15.1 Å². The van der Waals surface area contributed by atoms with Gasteiger partial charge in [0.25, 0.3) is 0 Å². The second kappa shape index (κ2) is 14.2. The van der Waals surface area contributed by atoms with Crippen molar-refractivity contribution in [3.63, 3.8) is 0 Å². The summed E-state index contributed by atoms with van der Waals surface area (Å²) in [6.07, 6.45) is 13.9. The Bertz CT molecular complexity index is 1410. The van der Waals surface area contributed by atoms with Crippen LogP contribution in [0.15, 0.2) is 18.2 Å². The Balaban J connectivity index is 1.12. The number of nitrogens with one attached hydrogen (secondary N) is 1. The van der Waals surface area contributed by atoms with Gasteiger partial charge in [-0.3, -0.25) is 9.48 Å². The monoisotopic (exact) mass is 644 g/mol. The highest BCUT2D eigenvalue weighted by Crippen LogP contribution is 2.33. The number of halogens is 1. The fraction of sp³-hybridized carbons (Fsp3) is 0.697. The maximum Gasteiger partial charge on any atom is 0.222 e. The second-order valence-electron chi connectivity index (χ2n) is 13.3. The molecule has 1 N–H and O–H groups in total. The Labute approximate surface area is 268 Å². The molecule has 3 aliphatic heterocycles. The van der Waals surface area contributed by atoms with Crippen molar-refractivity contribution in [3.8, 4) is 11.3 Å². The van der Waals surface area contributed by atoms with Crippen LogP contribution in [-0.2, 0) is 40.7 Å². The number of amides is 1. The van der Waals surface area contributed by atoms with Crippen LogP contribution in [0.1, 0.15) is 81.0 Å². The number of likely N-dealkylation sites (tertiary alicyclic amines) is 2. The highest BCUT2D eigenvalue weighted by atomic mass is 35.5. The Kier molecular flexibility index (Phi) is 10.3. The molecule has 2 aromatic rings. The zero-order chi connectivity index (χ0) is 30.7. The molecule has 11 heteroatoms. The van der Waals surface area contributed by atoms with Crippen LogP contribution in [0.4, 0.5) is 0 Å². The van der Waals surface area contributed by atoms with Gasteiger partial charge in [-0.2, -0.15) is 9.40 Å². The van der Waals surface area contributed by atoms with E-state index in [0.717, 1.165) is 111 Å². The molecule has 44 heavy (non-hydrogen) atoms. The number of aryl methyl sites for hydroxylation is 2. The summed E-state index contributed by atoms with van der Waals surface area (Å²) in [6.45, 7) is 6.63. The molecule has 3 fully saturated rings. The standard InChI is InChI=1S/C33H49ClN6O3S/c1-44(42,43)38-22-15-31-29(24-38)33(26-11-12-30(34)25(23-26)7-4-16-35-27-8-2-3-9-27)36-40(31)19-6-17-37-20-13-28(14-21-37)39-18-5-10-32(39)41/h11-12,23,27-28,35H,2-10,13-22,24H2,1H3. The summed E-state index contributed by atoms with van der Waals surface area (Å²) < 4.78 is 28.7. The predicted molar refractivity (Wildman–Crippen MR) is 175 cm³/mol. The van der Waals surface area contributed by atoms with E-state index in [-0.39, 0.29) is 0 Å². The number of nitrogens with zero attached hydrogens (tertiary/aromatic N) is 5. The first kappa shape index (κ1) is 32.0. The van der Waals surface area contributed by atoms with E-state index in [4.69, 9.17) is 16.7 Å². The molecule has 0 radical (unpaired) electrons. The van der Waals surface area contributed by atoms with Crippen molar-refractivity contribution in [1.29, 1.82) is 0 Å². The maximum atomic E-state index is 12.5. The summed E-state index contributed by atoms with van der Waals surface area (Å²) in [5.41, 5.74) is 5.19. The lowest BCUT2D eigenvalue weighted by Gasteiger charge is -2.36. The van der Waals surface area contributed by atoms with Gasteiger partial charge >= 0.3 is 0 Å². The highest BCUT2D eigenvalue weighted by molar-refractivity contribution is 7.88. The molecule has 0 unspecified atom stereocenters. The number of aromatic nitrogens is 2. The number of hydrogen-bond donors (Lipinski definition) is 1. The van der Waals surface area contributed by atoms with Gasteiger partial charge in [0.1, 0.15) is 0 Å². The van der Waals surface area contributed by atoms with Gasteiger partial charge in [-0.1, -0.05) is 30.5 Å². The van der Waals surface area contributed by atoms with Crippen molar-refractivity contribution in [2.24, 2.45) is 0 Å². The number of carbonyl (C=O) groups is 1. The van der Waals surface area contributed by atoms with Gasteiger partial charge in [0.15, 0.2) is 0 Å². The van der Waals surface area contributed by atoms with E-state index < -0.39 is 10.0 Å². The SMILES string of the molecule is CS(=O)(=O)N1CCc2c(c(-c3ccc(Cl)c(CCCNC4CCCC4)c3)nn2CCCN2CCC(N3CCCC3=O)CC2)C1. The fourth-order valence-electron chi connectivity index (χ4n) is 7.75. The molecular weight excluding hydrogens is 596 g/mol. The molecule has 0 spiro atoms. The van der Waals surface area contributed by atoms with E-state index in [2.05, 4.69) is 25.9 Å². The Morgan fingerprint density at radius 1 is 0.977 bits per heavy atom. The van der Waals surface area contributed by atoms with E-state index in [1.807, 2.05) is 12.1 Å². The van der Waals surface area contributed by atoms with Crippen molar-refractivity contribution in [3.05, 3.63) is 40.0 Å². The van der Waals surface area contributed by atoms with Gasteiger partial charge in [-0.05, 0) is 82.2 Å². The molecule has 0 atom stereocenters. The molecule has 1 amide bonds. The van der Waals surface area contributed by atoms with Crippen molar-refractivity contribution in [1.82, 2.24) is 29.2 Å². The molecule has 4 aliphatic rings. The van der Waals surface area contributed by atoms with Crippen LogP contribution in [0.25, 0.3) is 11.3 Å². The summed E-state index contributed by atoms with van der Waals surface area (Å²) in [5, 5.41) is 9.61. The van der Waals surface area contributed by atoms with E-state index in [1.54, 1.807) is 4.31 Å². The van der Waals surface area contributed by atoms with Gasteiger partial charge in [0, 0.05) is 86.0 Å². The van der Waals surface area contributed by atoms with Crippen LogP contribution in [0.5, 0.6) is 0 Å². The number of hydrogen-bond acceptors (Lipinski definition) is 6. The lowest BCUT2D eigenvalue weighted by atomic mass is 9.99. The molecule has 1 aromatic heterocycles. The smallest absolute Gasteiger partial charge is 0.222 e. The van der Waals surface area contributed by atoms with Gasteiger partial charge in [-0.25, -0.2) is 8.42 Å². The third-order valence-electron chi connectivity index (χ3n) is 10.3. The summed E-state index contributed by atoms with van der Waals surface area (Å²) in [7, 11) is -3.30. The van der Waals surface area contributed by atoms with Crippen molar-refractivity contribution < 1.29 is 13.2 Å². The molecule has 0 bridgehead atoms. The molecule has 242 valence electrons. The fourth-order valence-corrected chi connectivity index (χ4v) is 8.75. The minimum atomic E-state index is -3.30. The quantitative estimate of drug-likeness (QED) is 0.343. The molecule has 1 aliphatic carbocycles. The first-order chi connectivity index (χ1) is 21.3. The first-order valence-electron chi connectivity index (χ1n) is 16.8. The topological polar surface area (TPSA) is 90.8 Å². The van der Waals surface area contributed by atoms with Crippen molar-refractivity contribution in [2.75, 3.05) is 45.5 Å². The summed E-state index contributed by atoms with van der Waals surface area (Å²) in [6, 6.07) is 7.24. The number of benzene rings is 1. The Morgan fingerprint density at radius 2 is 1.77 bits per heavy atom. The summed E-state index contributed by atoms with van der Waals surface area (Å²) in [5.74, 6) is 0.335. The zero-order valence-corrected chi connectivity index (χ0v) is 27.8. The number of sulfonamides is 1.